The first kappa shape index (κ1) is 16.2. The molecule has 0 aromatic heterocycles. The first-order chi connectivity index (χ1) is 10.0. The van der Waals surface area contributed by atoms with Gasteiger partial charge in [0.25, 0.3) is 0 Å². The maximum Gasteiger partial charge on any atom is 0.119 e. The van der Waals surface area contributed by atoms with E-state index in [1.165, 1.54) is 5.56 Å². The molecule has 0 amide bonds. The van der Waals surface area contributed by atoms with Gasteiger partial charge in [-0.25, -0.2) is 0 Å². The number of hydrogen-bond donors (Lipinski definition) is 1. The summed E-state index contributed by atoms with van der Waals surface area (Å²) >= 11 is 11.9. The molecule has 2 aromatic rings. The van der Waals surface area contributed by atoms with Crippen LogP contribution in [-0.2, 0) is 13.2 Å². The molecule has 0 bridgehead atoms. The average molecular weight is 324 g/mol. The van der Waals surface area contributed by atoms with Gasteiger partial charge in [-0.15, -0.1) is 0 Å². The zero-order valence-electron chi connectivity index (χ0n) is 12.2. The van der Waals surface area contributed by atoms with Crippen LogP contribution in [0, 0.1) is 0 Å². The van der Waals surface area contributed by atoms with Crippen LogP contribution in [-0.4, -0.2) is 6.04 Å². The van der Waals surface area contributed by atoms with Crippen molar-refractivity contribution in [1.29, 1.82) is 0 Å². The van der Waals surface area contributed by atoms with E-state index in [9.17, 15) is 0 Å². The molecule has 0 atom stereocenters. The summed E-state index contributed by atoms with van der Waals surface area (Å²) < 4.78 is 5.75. The molecule has 2 rings (SSSR count). The smallest absolute Gasteiger partial charge is 0.119 e. The molecule has 0 saturated carbocycles. The van der Waals surface area contributed by atoms with Gasteiger partial charge in [0.15, 0.2) is 0 Å². The molecule has 0 heterocycles. The van der Waals surface area contributed by atoms with Gasteiger partial charge in [0.2, 0.25) is 0 Å². The quantitative estimate of drug-likeness (QED) is 0.801. The van der Waals surface area contributed by atoms with Crippen LogP contribution in [0.15, 0.2) is 42.5 Å². The molecule has 0 saturated heterocycles. The fourth-order valence-corrected chi connectivity index (χ4v) is 2.14. The number of rotatable bonds is 6. The van der Waals surface area contributed by atoms with Gasteiger partial charge < -0.3 is 10.1 Å². The van der Waals surface area contributed by atoms with E-state index in [2.05, 4.69) is 31.3 Å². The van der Waals surface area contributed by atoms with E-state index in [0.29, 0.717) is 22.7 Å². The Kier molecular flexibility index (Phi) is 5.92. The predicted octanol–water partition coefficient (Wildman–Crippen LogP) is 5.07. The summed E-state index contributed by atoms with van der Waals surface area (Å²) in [6.45, 7) is 5.61. The lowest BCUT2D eigenvalue weighted by Gasteiger charge is -2.10. The van der Waals surface area contributed by atoms with Crippen molar-refractivity contribution in [2.45, 2.75) is 33.0 Å². The highest BCUT2D eigenvalue weighted by Crippen LogP contribution is 2.23. The van der Waals surface area contributed by atoms with Crippen molar-refractivity contribution in [3.8, 4) is 5.75 Å². The topological polar surface area (TPSA) is 21.3 Å². The van der Waals surface area contributed by atoms with Gasteiger partial charge in [0, 0.05) is 12.6 Å². The second-order valence-corrected chi connectivity index (χ2v) is 6.03. The van der Waals surface area contributed by atoms with Crippen molar-refractivity contribution in [2.24, 2.45) is 0 Å². The van der Waals surface area contributed by atoms with Crippen LogP contribution >= 0.6 is 23.2 Å². The first-order valence-electron chi connectivity index (χ1n) is 6.93. The molecular formula is C17H19Cl2NO. The first-order valence-corrected chi connectivity index (χ1v) is 7.69. The van der Waals surface area contributed by atoms with Crippen LogP contribution in [0.25, 0.3) is 0 Å². The Balaban J connectivity index is 1.89. The van der Waals surface area contributed by atoms with Gasteiger partial charge in [0.1, 0.15) is 12.4 Å². The Labute approximate surface area is 136 Å². The summed E-state index contributed by atoms with van der Waals surface area (Å²) in [5.41, 5.74) is 2.24. The lowest BCUT2D eigenvalue weighted by atomic mass is 10.2. The van der Waals surface area contributed by atoms with Crippen LogP contribution in [0.3, 0.4) is 0 Å². The van der Waals surface area contributed by atoms with Gasteiger partial charge in [-0.1, -0.05) is 55.2 Å². The molecule has 0 radical (unpaired) electrons. The minimum atomic E-state index is 0.473. The molecule has 4 heteroatoms. The fourth-order valence-electron chi connectivity index (χ4n) is 1.82. The summed E-state index contributed by atoms with van der Waals surface area (Å²) in [6.07, 6.45) is 0. The van der Waals surface area contributed by atoms with E-state index in [-0.39, 0.29) is 0 Å². The standard InChI is InChI=1S/C17H19Cl2NO/c1-12(2)20-10-13-3-6-15(7-4-13)21-11-14-5-8-16(18)17(19)9-14/h3-9,12,20H,10-11H2,1-2H3. The Morgan fingerprint density at radius 1 is 0.952 bits per heavy atom. The number of benzene rings is 2. The van der Waals surface area contributed by atoms with E-state index in [1.54, 1.807) is 6.07 Å². The molecule has 2 aromatic carbocycles. The SMILES string of the molecule is CC(C)NCc1ccc(OCc2ccc(Cl)c(Cl)c2)cc1. The highest BCUT2D eigenvalue weighted by molar-refractivity contribution is 6.42. The molecule has 0 unspecified atom stereocenters. The monoisotopic (exact) mass is 323 g/mol. The second-order valence-electron chi connectivity index (χ2n) is 5.22. The molecular weight excluding hydrogens is 305 g/mol. The summed E-state index contributed by atoms with van der Waals surface area (Å²) in [7, 11) is 0. The molecule has 1 N–H and O–H groups in total. The van der Waals surface area contributed by atoms with E-state index >= 15 is 0 Å². The van der Waals surface area contributed by atoms with Crippen molar-refractivity contribution in [1.82, 2.24) is 5.32 Å². The van der Waals surface area contributed by atoms with E-state index in [0.717, 1.165) is 17.9 Å². The molecule has 0 spiro atoms. The predicted molar refractivity (Wildman–Crippen MR) is 89.2 cm³/mol. The maximum atomic E-state index is 5.98. The molecule has 0 fully saturated rings. The van der Waals surface area contributed by atoms with Crippen molar-refractivity contribution >= 4 is 23.2 Å². The van der Waals surface area contributed by atoms with E-state index in [1.807, 2.05) is 24.3 Å². The fraction of sp³-hybridized carbons (Fsp3) is 0.294. The van der Waals surface area contributed by atoms with Crippen molar-refractivity contribution in [3.63, 3.8) is 0 Å². The molecule has 112 valence electrons. The number of ether oxygens (including phenoxy) is 1. The lowest BCUT2D eigenvalue weighted by molar-refractivity contribution is 0.306. The highest BCUT2D eigenvalue weighted by Gasteiger charge is 2.01. The highest BCUT2D eigenvalue weighted by atomic mass is 35.5. The van der Waals surface area contributed by atoms with Crippen molar-refractivity contribution in [2.75, 3.05) is 0 Å². The third kappa shape index (κ3) is 5.24. The Bertz CT molecular complexity index is 582. The van der Waals surface area contributed by atoms with Gasteiger partial charge in [0.05, 0.1) is 10.0 Å². The number of hydrogen-bond acceptors (Lipinski definition) is 2. The van der Waals surface area contributed by atoms with Crippen LogP contribution in [0.1, 0.15) is 25.0 Å². The summed E-state index contributed by atoms with van der Waals surface area (Å²) in [5, 5.41) is 4.49. The third-order valence-electron chi connectivity index (χ3n) is 3.03. The van der Waals surface area contributed by atoms with E-state index < -0.39 is 0 Å². The van der Waals surface area contributed by atoms with Gasteiger partial charge in [-0.3, -0.25) is 0 Å². The third-order valence-corrected chi connectivity index (χ3v) is 3.77. The maximum absolute atomic E-state index is 5.98. The van der Waals surface area contributed by atoms with Crippen LogP contribution < -0.4 is 10.1 Å². The van der Waals surface area contributed by atoms with Crippen LogP contribution in [0.4, 0.5) is 0 Å². The zero-order chi connectivity index (χ0) is 15.2. The van der Waals surface area contributed by atoms with Gasteiger partial charge >= 0.3 is 0 Å². The molecule has 0 aliphatic rings. The molecule has 0 aliphatic heterocycles. The minimum Gasteiger partial charge on any atom is -0.489 e. The number of nitrogens with one attached hydrogen (secondary N) is 1. The molecule has 2 nitrogen and oxygen atoms in total. The second kappa shape index (κ2) is 7.69. The number of halogens is 2. The van der Waals surface area contributed by atoms with Crippen LogP contribution in [0.2, 0.25) is 10.0 Å². The molecule has 21 heavy (non-hydrogen) atoms. The van der Waals surface area contributed by atoms with Gasteiger partial charge in [-0.2, -0.15) is 0 Å². The summed E-state index contributed by atoms with van der Waals surface area (Å²) in [5.74, 6) is 0.842. The average Bonchev–Trinajstić information content (AvgIpc) is 2.47. The largest absolute Gasteiger partial charge is 0.489 e. The molecule has 0 aliphatic carbocycles. The Hall–Kier alpha value is -1.22. The van der Waals surface area contributed by atoms with Crippen molar-refractivity contribution in [3.05, 3.63) is 63.6 Å². The zero-order valence-corrected chi connectivity index (χ0v) is 13.7. The Morgan fingerprint density at radius 2 is 1.62 bits per heavy atom. The lowest BCUT2D eigenvalue weighted by Crippen LogP contribution is -2.21. The minimum absolute atomic E-state index is 0.473. The van der Waals surface area contributed by atoms with Gasteiger partial charge in [-0.05, 0) is 35.4 Å². The Morgan fingerprint density at radius 3 is 2.24 bits per heavy atom. The van der Waals surface area contributed by atoms with E-state index in [4.69, 9.17) is 27.9 Å². The summed E-state index contributed by atoms with van der Waals surface area (Å²) in [4.78, 5) is 0. The normalized spacial score (nSPS) is 10.9. The van der Waals surface area contributed by atoms with Crippen molar-refractivity contribution < 1.29 is 4.74 Å². The summed E-state index contributed by atoms with van der Waals surface area (Å²) in [6, 6.07) is 14.1. The van der Waals surface area contributed by atoms with Crippen LogP contribution in [0.5, 0.6) is 5.75 Å².